The van der Waals surface area contributed by atoms with Gasteiger partial charge in [0, 0.05) is 43.7 Å². The van der Waals surface area contributed by atoms with Gasteiger partial charge in [0.05, 0.1) is 22.7 Å². The fraction of sp³-hybridized carbons (Fsp3) is 0. The van der Waals surface area contributed by atoms with E-state index in [-0.39, 0.29) is 0 Å². The lowest BCUT2D eigenvalue weighted by Crippen LogP contribution is -2.11. The average Bonchev–Trinajstić information content (AvgIpc) is 4.06. The van der Waals surface area contributed by atoms with Crippen LogP contribution < -0.4 is 9.80 Å². The summed E-state index contributed by atoms with van der Waals surface area (Å²) in [5.74, 6) is 0. The Kier molecular flexibility index (Phi) is 9.54. The molecule has 2 aromatic heterocycles. The second-order valence-corrected chi connectivity index (χ2v) is 19.2. The van der Waals surface area contributed by atoms with Crippen LogP contribution in [0.25, 0.3) is 109 Å². The molecule has 74 heavy (non-hydrogen) atoms. The molecule has 2 heterocycles. The molecule has 0 aliphatic heterocycles. The molecule has 0 aliphatic rings. The van der Waals surface area contributed by atoms with Gasteiger partial charge in [0.25, 0.3) is 0 Å². The Morgan fingerprint density at radius 3 is 0.932 bits per heavy atom. The number of anilines is 6. The lowest BCUT2D eigenvalue weighted by atomic mass is 9.97. The molecule has 346 valence electrons. The molecule has 0 fully saturated rings. The Morgan fingerprint density at radius 2 is 0.527 bits per heavy atom. The third-order valence-corrected chi connectivity index (χ3v) is 15.0. The van der Waals surface area contributed by atoms with Crippen molar-refractivity contribution in [2.24, 2.45) is 0 Å². The fourth-order valence-corrected chi connectivity index (χ4v) is 11.5. The van der Waals surface area contributed by atoms with Gasteiger partial charge in [-0.25, -0.2) is 0 Å². The summed E-state index contributed by atoms with van der Waals surface area (Å²) in [6.45, 7) is 0. The largest absolute Gasteiger partial charge is 0.454 e. The molecular weight excluding hydrogens is 901 g/mol. The first-order valence-electron chi connectivity index (χ1n) is 25.2. The van der Waals surface area contributed by atoms with Crippen LogP contribution in [0, 0.1) is 0 Å². The second-order valence-electron chi connectivity index (χ2n) is 19.2. The highest BCUT2D eigenvalue weighted by atomic mass is 16.3. The third-order valence-electron chi connectivity index (χ3n) is 15.0. The summed E-state index contributed by atoms with van der Waals surface area (Å²) in [6, 6.07) is 95.9. The van der Waals surface area contributed by atoms with Crippen LogP contribution in [-0.4, -0.2) is 0 Å². The zero-order valence-corrected chi connectivity index (χ0v) is 40.1. The summed E-state index contributed by atoms with van der Waals surface area (Å²) < 4.78 is 13.4. The zero-order valence-electron chi connectivity index (χ0n) is 40.1. The van der Waals surface area contributed by atoms with Crippen LogP contribution in [0.2, 0.25) is 0 Å². The number of rotatable bonds is 8. The molecule has 0 saturated carbocycles. The van der Waals surface area contributed by atoms with E-state index in [9.17, 15) is 0 Å². The van der Waals surface area contributed by atoms with Crippen molar-refractivity contribution in [3.63, 3.8) is 0 Å². The first-order chi connectivity index (χ1) is 36.7. The maximum atomic E-state index is 6.71. The molecule has 13 aromatic carbocycles. The van der Waals surface area contributed by atoms with Gasteiger partial charge >= 0.3 is 0 Å². The molecule has 0 N–H and O–H groups in total. The van der Waals surface area contributed by atoms with Gasteiger partial charge < -0.3 is 18.6 Å². The van der Waals surface area contributed by atoms with Crippen molar-refractivity contribution in [1.29, 1.82) is 0 Å². The van der Waals surface area contributed by atoms with Crippen molar-refractivity contribution < 1.29 is 8.83 Å². The molecule has 0 amide bonds. The minimum Gasteiger partial charge on any atom is -0.454 e. The van der Waals surface area contributed by atoms with E-state index in [1.807, 2.05) is 12.1 Å². The monoisotopic (exact) mass is 944 g/mol. The first-order valence-corrected chi connectivity index (χ1v) is 25.2. The number of hydrogen-bond donors (Lipinski definition) is 0. The quantitative estimate of drug-likeness (QED) is 0.142. The van der Waals surface area contributed by atoms with E-state index in [2.05, 4.69) is 265 Å². The van der Waals surface area contributed by atoms with Gasteiger partial charge in [-0.1, -0.05) is 206 Å². The SMILES string of the molecule is c1ccc2c(c1)cc(N(c1ccc(-c3ccc(-c4ccc(N(c5cc6ccccc6c6ccccc56)c5cccc6c5oc5ccccc56)cc4)cc3)cc1)c1cccc3c1oc1ccccc13)c1ccccc12. The molecule has 0 unspecified atom stereocenters. The molecular formula is C70H44N2O2. The van der Waals surface area contributed by atoms with Gasteiger partial charge in [-0.05, 0) is 115 Å². The van der Waals surface area contributed by atoms with Gasteiger partial charge in [-0.3, -0.25) is 0 Å². The highest BCUT2D eigenvalue weighted by Gasteiger charge is 2.24. The van der Waals surface area contributed by atoms with Crippen LogP contribution in [0.3, 0.4) is 0 Å². The summed E-state index contributed by atoms with van der Waals surface area (Å²) in [5.41, 5.74) is 14.3. The topological polar surface area (TPSA) is 32.8 Å². The van der Waals surface area contributed by atoms with Gasteiger partial charge in [0.15, 0.2) is 11.2 Å². The summed E-state index contributed by atoms with van der Waals surface area (Å²) in [4.78, 5) is 4.74. The second kappa shape index (κ2) is 16.9. The van der Waals surface area contributed by atoms with Crippen molar-refractivity contribution in [3.05, 3.63) is 267 Å². The molecule has 4 nitrogen and oxygen atoms in total. The molecule has 0 spiro atoms. The Bertz CT molecular complexity index is 4360. The van der Waals surface area contributed by atoms with Crippen LogP contribution in [0.5, 0.6) is 0 Å². The van der Waals surface area contributed by atoms with Crippen molar-refractivity contribution in [1.82, 2.24) is 0 Å². The fourth-order valence-electron chi connectivity index (χ4n) is 11.5. The standard InChI is InChI=1S/C70H44N2O2/c1-3-17-53-49(15-1)43-65(57-21-7-5-19-55(53)57)71(63-27-13-25-61-59-23-9-11-29-67(59)73-69(61)63)51-39-35-47(36-40-51)45-31-33-46(34-32-45)48-37-41-52(42-38-48)72(64-28-14-26-62-60-24-10-12-30-68(60)74-70(62)64)66-44-50-16-2-4-18-54(50)56-20-6-8-22-58(56)66/h1-44H. The van der Waals surface area contributed by atoms with Crippen LogP contribution in [0.1, 0.15) is 0 Å². The molecule has 15 rings (SSSR count). The van der Waals surface area contributed by atoms with Crippen molar-refractivity contribution >= 4 is 121 Å². The lowest BCUT2D eigenvalue weighted by Gasteiger charge is -2.28. The summed E-state index contributed by atoms with van der Waals surface area (Å²) in [5, 5.41) is 14.0. The maximum Gasteiger partial charge on any atom is 0.159 e. The van der Waals surface area contributed by atoms with E-state index in [1.165, 1.54) is 43.1 Å². The van der Waals surface area contributed by atoms with Crippen LogP contribution >= 0.6 is 0 Å². The highest BCUT2D eigenvalue weighted by molar-refractivity contribution is 6.18. The van der Waals surface area contributed by atoms with Crippen LogP contribution in [-0.2, 0) is 0 Å². The van der Waals surface area contributed by atoms with E-state index in [1.54, 1.807) is 0 Å². The normalized spacial score (nSPS) is 11.8. The predicted octanol–water partition coefficient (Wildman–Crippen LogP) is 20.4. The van der Waals surface area contributed by atoms with E-state index in [4.69, 9.17) is 8.83 Å². The predicted molar refractivity (Wildman–Crippen MR) is 311 cm³/mol. The maximum absolute atomic E-state index is 6.71. The summed E-state index contributed by atoms with van der Waals surface area (Å²) in [7, 11) is 0. The number of fused-ring (bicyclic) bond motifs is 12. The number of para-hydroxylation sites is 4. The Hall–Kier alpha value is -9.90. The Morgan fingerprint density at radius 1 is 0.216 bits per heavy atom. The molecule has 0 radical (unpaired) electrons. The van der Waals surface area contributed by atoms with Gasteiger partial charge in [0.1, 0.15) is 11.2 Å². The van der Waals surface area contributed by atoms with Crippen molar-refractivity contribution in [3.8, 4) is 22.3 Å². The van der Waals surface area contributed by atoms with E-state index >= 15 is 0 Å². The smallest absolute Gasteiger partial charge is 0.159 e. The van der Waals surface area contributed by atoms with Gasteiger partial charge in [0.2, 0.25) is 0 Å². The molecule has 0 saturated heterocycles. The minimum atomic E-state index is 0.858. The summed E-state index contributed by atoms with van der Waals surface area (Å²) >= 11 is 0. The number of benzene rings is 13. The van der Waals surface area contributed by atoms with Crippen molar-refractivity contribution in [2.45, 2.75) is 0 Å². The van der Waals surface area contributed by atoms with Crippen molar-refractivity contribution in [2.75, 3.05) is 9.80 Å². The van der Waals surface area contributed by atoms with E-state index < -0.39 is 0 Å². The molecule has 4 heteroatoms. The van der Waals surface area contributed by atoms with Crippen LogP contribution in [0.4, 0.5) is 34.1 Å². The number of furan rings is 2. The van der Waals surface area contributed by atoms with E-state index in [0.717, 1.165) is 100 Å². The molecule has 0 atom stereocenters. The first kappa shape index (κ1) is 41.8. The number of nitrogens with zero attached hydrogens (tertiary/aromatic N) is 2. The molecule has 0 bridgehead atoms. The molecule has 15 aromatic rings. The highest BCUT2D eigenvalue weighted by Crippen LogP contribution is 2.48. The Labute approximate surface area is 426 Å². The zero-order chi connectivity index (χ0) is 48.7. The lowest BCUT2D eigenvalue weighted by molar-refractivity contribution is 0.669. The molecule has 0 aliphatic carbocycles. The van der Waals surface area contributed by atoms with Crippen LogP contribution in [0.15, 0.2) is 276 Å². The summed E-state index contributed by atoms with van der Waals surface area (Å²) in [6.07, 6.45) is 0. The number of hydrogen-bond acceptors (Lipinski definition) is 4. The minimum absolute atomic E-state index is 0.858. The Balaban J connectivity index is 0.801. The van der Waals surface area contributed by atoms with E-state index in [0.29, 0.717) is 0 Å². The van der Waals surface area contributed by atoms with Gasteiger partial charge in [-0.15, -0.1) is 0 Å². The third kappa shape index (κ3) is 6.69. The average molecular weight is 945 g/mol. The van der Waals surface area contributed by atoms with Gasteiger partial charge in [-0.2, -0.15) is 0 Å².